The predicted octanol–water partition coefficient (Wildman–Crippen LogP) is 4.07. The number of imidazole rings is 1. The molecule has 0 bridgehead atoms. The highest BCUT2D eigenvalue weighted by Crippen LogP contribution is 2.29. The average molecular weight is 569 g/mol. The minimum Gasteiger partial charge on any atom is -0.480 e. The van der Waals surface area contributed by atoms with Crippen LogP contribution in [0.3, 0.4) is 0 Å². The van der Waals surface area contributed by atoms with Crippen LogP contribution in [0.4, 0.5) is 4.39 Å². The number of carboxylic acid groups (broad SMARTS) is 1. The minimum atomic E-state index is -3.43. The molecular formula is C27H25FN4O5S2. The van der Waals surface area contributed by atoms with Gasteiger partial charge in [0.15, 0.2) is 0 Å². The Morgan fingerprint density at radius 3 is 2.54 bits per heavy atom. The van der Waals surface area contributed by atoms with Crippen LogP contribution in [0.1, 0.15) is 33.2 Å². The third-order valence-electron chi connectivity index (χ3n) is 5.78. The molecular weight excluding hydrogens is 543 g/mol. The molecule has 12 heteroatoms. The Hall–Kier alpha value is -4.16. The van der Waals surface area contributed by atoms with Gasteiger partial charge < -0.3 is 15.4 Å². The number of carbonyl (C=O) groups excluding carboxylic acids is 1. The van der Waals surface area contributed by atoms with E-state index in [2.05, 4.69) is 20.3 Å². The fraction of sp³-hybridized carbons (Fsp3) is 0.185. The first kappa shape index (κ1) is 27.9. The Labute approximate surface area is 228 Å². The first-order chi connectivity index (χ1) is 18.6. The second kappa shape index (κ2) is 12.1. The normalized spacial score (nSPS) is 12.7. The average Bonchev–Trinajstić information content (AvgIpc) is 3.60. The Balaban J connectivity index is 1.72. The molecule has 2 aromatic carbocycles. The van der Waals surface area contributed by atoms with Crippen LogP contribution in [0.15, 0.2) is 66.4 Å². The summed E-state index contributed by atoms with van der Waals surface area (Å²) in [6.07, 6.45) is 8.22. The van der Waals surface area contributed by atoms with Crippen LogP contribution in [0.5, 0.6) is 0 Å². The van der Waals surface area contributed by atoms with Gasteiger partial charge in [-0.25, -0.2) is 27.6 Å². The zero-order valence-electron chi connectivity index (χ0n) is 20.8. The molecule has 0 aliphatic heterocycles. The Morgan fingerprint density at radius 1 is 1.15 bits per heavy atom. The van der Waals surface area contributed by atoms with Gasteiger partial charge in [0.25, 0.3) is 5.91 Å². The Bertz CT molecular complexity index is 1580. The summed E-state index contributed by atoms with van der Waals surface area (Å²) < 4.78 is 36.8. The molecule has 0 unspecified atom stereocenters. The summed E-state index contributed by atoms with van der Waals surface area (Å²) in [6, 6.07) is 9.20. The van der Waals surface area contributed by atoms with Crippen molar-refractivity contribution in [3.63, 3.8) is 0 Å². The van der Waals surface area contributed by atoms with E-state index in [1.807, 2.05) is 11.5 Å². The van der Waals surface area contributed by atoms with Gasteiger partial charge in [-0.3, -0.25) is 4.79 Å². The molecule has 4 rings (SSSR count). The van der Waals surface area contributed by atoms with E-state index in [1.165, 1.54) is 35.6 Å². The number of H-pyrrole nitrogens is 1. The van der Waals surface area contributed by atoms with E-state index in [4.69, 9.17) is 0 Å². The SMILES string of the molecule is CS(=O)(=O)CC[C@H](NC(=O)c1ccc(C=C(Cc2ncc[nH]2)c2nccs2)cc1-c1ccc(F)cc1)C(=O)O. The number of rotatable bonds is 11. The number of aromatic nitrogens is 3. The van der Waals surface area contributed by atoms with Crippen LogP contribution in [0, 0.1) is 5.82 Å². The first-order valence-corrected chi connectivity index (χ1v) is 14.7. The molecule has 39 heavy (non-hydrogen) atoms. The molecule has 0 radical (unpaired) electrons. The Kier molecular flexibility index (Phi) is 8.67. The summed E-state index contributed by atoms with van der Waals surface area (Å²) in [5, 5.41) is 14.6. The van der Waals surface area contributed by atoms with Crippen LogP contribution in [-0.4, -0.2) is 58.4 Å². The predicted molar refractivity (Wildman–Crippen MR) is 147 cm³/mol. The van der Waals surface area contributed by atoms with Gasteiger partial charge in [-0.2, -0.15) is 0 Å². The number of amides is 1. The topological polar surface area (TPSA) is 142 Å². The maximum Gasteiger partial charge on any atom is 0.326 e. The number of halogens is 1. The summed E-state index contributed by atoms with van der Waals surface area (Å²) in [5.41, 5.74) is 2.77. The molecule has 9 nitrogen and oxygen atoms in total. The summed E-state index contributed by atoms with van der Waals surface area (Å²) in [4.78, 5) is 36.8. The molecule has 3 N–H and O–H groups in total. The molecule has 0 saturated heterocycles. The molecule has 0 saturated carbocycles. The van der Waals surface area contributed by atoms with E-state index in [1.54, 1.807) is 36.8 Å². The van der Waals surface area contributed by atoms with Crippen molar-refractivity contribution in [1.29, 1.82) is 0 Å². The van der Waals surface area contributed by atoms with E-state index in [0.29, 0.717) is 17.5 Å². The van der Waals surface area contributed by atoms with Gasteiger partial charge in [-0.15, -0.1) is 11.3 Å². The molecule has 2 heterocycles. The summed E-state index contributed by atoms with van der Waals surface area (Å²) in [5.74, 6) is -2.13. The number of thiazole rings is 1. The van der Waals surface area contributed by atoms with Gasteiger partial charge in [0.05, 0.1) is 5.75 Å². The molecule has 2 aromatic heterocycles. The fourth-order valence-corrected chi connectivity index (χ4v) is 5.21. The quantitative estimate of drug-likeness (QED) is 0.248. The molecule has 202 valence electrons. The highest BCUT2D eigenvalue weighted by Gasteiger charge is 2.24. The lowest BCUT2D eigenvalue weighted by atomic mass is 9.95. The molecule has 1 atom stereocenters. The number of nitrogens with one attached hydrogen (secondary N) is 2. The van der Waals surface area contributed by atoms with Gasteiger partial charge in [0.2, 0.25) is 0 Å². The lowest BCUT2D eigenvalue weighted by Gasteiger charge is -2.17. The van der Waals surface area contributed by atoms with Crippen LogP contribution >= 0.6 is 11.3 Å². The van der Waals surface area contributed by atoms with Crippen LogP contribution in [0.25, 0.3) is 22.8 Å². The number of aliphatic carboxylic acids is 1. The maximum absolute atomic E-state index is 13.7. The smallest absolute Gasteiger partial charge is 0.326 e. The van der Waals surface area contributed by atoms with E-state index in [9.17, 15) is 27.5 Å². The van der Waals surface area contributed by atoms with E-state index in [0.717, 1.165) is 28.2 Å². The van der Waals surface area contributed by atoms with Crippen molar-refractivity contribution in [2.24, 2.45) is 0 Å². The van der Waals surface area contributed by atoms with Gasteiger partial charge in [0.1, 0.15) is 32.5 Å². The number of allylic oxidation sites excluding steroid dienone is 1. The number of benzene rings is 2. The van der Waals surface area contributed by atoms with Gasteiger partial charge >= 0.3 is 5.97 Å². The molecule has 0 aliphatic carbocycles. The molecule has 1 amide bonds. The largest absolute Gasteiger partial charge is 0.480 e. The number of aromatic amines is 1. The summed E-state index contributed by atoms with van der Waals surface area (Å²) in [6.45, 7) is 0. The minimum absolute atomic E-state index is 0.159. The van der Waals surface area contributed by atoms with Crippen molar-refractivity contribution in [1.82, 2.24) is 20.3 Å². The molecule has 0 aliphatic rings. The van der Waals surface area contributed by atoms with Crippen molar-refractivity contribution in [3.8, 4) is 11.1 Å². The van der Waals surface area contributed by atoms with Gasteiger partial charge in [-0.1, -0.05) is 18.2 Å². The van der Waals surface area contributed by atoms with Crippen molar-refractivity contribution in [3.05, 3.63) is 94.2 Å². The Morgan fingerprint density at radius 2 is 1.92 bits per heavy atom. The summed E-state index contributed by atoms with van der Waals surface area (Å²) in [7, 11) is -3.43. The van der Waals surface area contributed by atoms with Crippen molar-refractivity contribution in [2.45, 2.75) is 18.9 Å². The number of carbonyl (C=O) groups is 2. The highest BCUT2D eigenvalue weighted by atomic mass is 32.2. The summed E-state index contributed by atoms with van der Waals surface area (Å²) >= 11 is 1.47. The lowest BCUT2D eigenvalue weighted by Crippen LogP contribution is -2.42. The number of hydrogen-bond donors (Lipinski definition) is 3. The number of carboxylic acids is 1. The van der Waals surface area contributed by atoms with Crippen LogP contribution in [0.2, 0.25) is 0 Å². The highest BCUT2D eigenvalue weighted by molar-refractivity contribution is 7.90. The lowest BCUT2D eigenvalue weighted by molar-refractivity contribution is -0.139. The van der Waals surface area contributed by atoms with Gasteiger partial charge in [0, 0.05) is 42.2 Å². The van der Waals surface area contributed by atoms with Crippen LogP contribution in [-0.2, 0) is 21.1 Å². The number of sulfone groups is 1. The van der Waals surface area contributed by atoms with Gasteiger partial charge in [-0.05, 0) is 59.0 Å². The maximum atomic E-state index is 13.7. The third-order valence-corrected chi connectivity index (χ3v) is 7.61. The third kappa shape index (κ3) is 7.68. The van der Waals surface area contributed by atoms with Crippen molar-refractivity contribution < 1.29 is 27.5 Å². The second-order valence-electron chi connectivity index (χ2n) is 8.81. The number of hydrogen-bond acceptors (Lipinski definition) is 7. The van der Waals surface area contributed by atoms with E-state index < -0.39 is 39.3 Å². The fourth-order valence-electron chi connectivity index (χ4n) is 3.89. The standard InChI is InChI=1S/C27H25FN4O5S2/c1-39(36,37)13-8-23(27(34)35)32-25(33)21-7-2-17(15-22(21)18-3-5-20(28)6-4-18)14-19(26-31-11-12-38-26)16-24-29-9-10-30-24/h2-7,9-12,14-15,23H,8,13,16H2,1H3,(H,29,30)(H,32,33)(H,34,35)/t23-/m0/s1. The second-order valence-corrected chi connectivity index (χ2v) is 12.0. The van der Waals surface area contributed by atoms with E-state index in [-0.39, 0.29) is 12.0 Å². The van der Waals surface area contributed by atoms with E-state index >= 15 is 0 Å². The van der Waals surface area contributed by atoms with Crippen molar-refractivity contribution in [2.75, 3.05) is 12.0 Å². The number of nitrogens with zero attached hydrogens (tertiary/aromatic N) is 2. The molecule has 0 spiro atoms. The van der Waals surface area contributed by atoms with Crippen molar-refractivity contribution >= 4 is 44.7 Å². The monoisotopic (exact) mass is 568 g/mol. The molecule has 0 fully saturated rings. The zero-order chi connectivity index (χ0) is 28.0. The first-order valence-electron chi connectivity index (χ1n) is 11.8. The zero-order valence-corrected chi connectivity index (χ0v) is 22.4. The molecule has 4 aromatic rings. The van der Waals surface area contributed by atoms with Crippen LogP contribution < -0.4 is 5.32 Å².